The fourth-order valence-corrected chi connectivity index (χ4v) is 3.91. The second-order valence-corrected chi connectivity index (χ2v) is 8.31. The third-order valence-corrected chi connectivity index (χ3v) is 5.95. The van der Waals surface area contributed by atoms with Crippen molar-refractivity contribution in [1.82, 2.24) is 0 Å². The lowest BCUT2D eigenvalue weighted by Crippen LogP contribution is -2.10. The van der Waals surface area contributed by atoms with Crippen molar-refractivity contribution in [2.24, 2.45) is 0 Å². The molecule has 4 rings (SSSR count). The number of esters is 1. The summed E-state index contributed by atoms with van der Waals surface area (Å²) in [5, 5.41) is 0. The standard InChI is InChI=1S/C30H25F3O2/c1-3-5-22-12-15-24(18-26(22)31)20-10-13-23(14-11-20)30(34)35-27-17-16-25(28(32)29(27)33)21-8-6-19(4-2)7-9-21/h6-18H,3-5H2,1-2H3. The number of carbonyl (C=O) groups excluding carboxylic acids is 1. The zero-order chi connectivity index (χ0) is 24.9. The van der Waals surface area contributed by atoms with E-state index in [0.717, 1.165) is 24.0 Å². The third kappa shape index (κ3) is 5.29. The van der Waals surface area contributed by atoms with E-state index in [-0.39, 0.29) is 16.9 Å². The molecule has 4 aromatic carbocycles. The Balaban J connectivity index is 1.50. The van der Waals surface area contributed by atoms with Gasteiger partial charge < -0.3 is 4.74 Å². The second-order valence-electron chi connectivity index (χ2n) is 8.31. The van der Waals surface area contributed by atoms with Crippen LogP contribution in [0.15, 0.2) is 78.9 Å². The van der Waals surface area contributed by atoms with Gasteiger partial charge in [0.15, 0.2) is 11.6 Å². The molecule has 0 bridgehead atoms. The van der Waals surface area contributed by atoms with Crippen LogP contribution in [0.5, 0.6) is 5.75 Å². The van der Waals surface area contributed by atoms with Crippen LogP contribution in [0.1, 0.15) is 41.8 Å². The van der Waals surface area contributed by atoms with Gasteiger partial charge in [0.1, 0.15) is 5.82 Å². The number of benzene rings is 4. The maximum Gasteiger partial charge on any atom is 0.343 e. The predicted octanol–water partition coefficient (Wildman–Crippen LogP) is 8.17. The third-order valence-electron chi connectivity index (χ3n) is 5.95. The zero-order valence-electron chi connectivity index (χ0n) is 19.6. The van der Waals surface area contributed by atoms with Gasteiger partial charge in [-0.2, -0.15) is 4.39 Å². The highest BCUT2D eigenvalue weighted by Gasteiger charge is 2.19. The van der Waals surface area contributed by atoms with Crippen LogP contribution < -0.4 is 4.74 Å². The molecule has 2 nitrogen and oxygen atoms in total. The minimum absolute atomic E-state index is 0.0893. The van der Waals surface area contributed by atoms with Gasteiger partial charge in [-0.3, -0.25) is 0 Å². The highest BCUT2D eigenvalue weighted by atomic mass is 19.2. The van der Waals surface area contributed by atoms with Crippen LogP contribution in [0.25, 0.3) is 22.3 Å². The van der Waals surface area contributed by atoms with Crippen LogP contribution in [0, 0.1) is 17.5 Å². The maximum atomic E-state index is 14.7. The summed E-state index contributed by atoms with van der Waals surface area (Å²) in [4.78, 5) is 12.6. The molecule has 0 fully saturated rings. The molecule has 35 heavy (non-hydrogen) atoms. The van der Waals surface area contributed by atoms with Crippen LogP contribution in [-0.4, -0.2) is 5.97 Å². The molecule has 4 aromatic rings. The molecule has 0 atom stereocenters. The fourth-order valence-electron chi connectivity index (χ4n) is 3.91. The van der Waals surface area contributed by atoms with Gasteiger partial charge in [-0.15, -0.1) is 0 Å². The molecule has 178 valence electrons. The van der Waals surface area contributed by atoms with Gasteiger partial charge in [0.05, 0.1) is 5.56 Å². The van der Waals surface area contributed by atoms with Crippen molar-refractivity contribution in [2.75, 3.05) is 0 Å². The van der Waals surface area contributed by atoms with Crippen molar-refractivity contribution in [3.8, 4) is 28.0 Å². The molecule has 5 heteroatoms. The van der Waals surface area contributed by atoms with Gasteiger partial charge in [0.25, 0.3) is 0 Å². The minimum atomic E-state index is -1.23. The average molecular weight is 475 g/mol. The lowest BCUT2D eigenvalue weighted by molar-refractivity contribution is 0.0727. The van der Waals surface area contributed by atoms with Crippen LogP contribution >= 0.6 is 0 Å². The van der Waals surface area contributed by atoms with Crippen LogP contribution in [0.4, 0.5) is 13.2 Å². The maximum absolute atomic E-state index is 14.7. The zero-order valence-corrected chi connectivity index (χ0v) is 19.6. The molecule has 0 radical (unpaired) electrons. The fraction of sp³-hybridized carbons (Fsp3) is 0.167. The molecular formula is C30H25F3O2. The largest absolute Gasteiger partial charge is 0.420 e. The highest BCUT2D eigenvalue weighted by Crippen LogP contribution is 2.31. The van der Waals surface area contributed by atoms with Gasteiger partial charge in [-0.25, -0.2) is 13.6 Å². The lowest BCUT2D eigenvalue weighted by atomic mass is 10.0. The summed E-state index contributed by atoms with van der Waals surface area (Å²) in [6.07, 6.45) is 2.36. The number of hydrogen-bond acceptors (Lipinski definition) is 2. The van der Waals surface area contributed by atoms with Crippen LogP contribution in [0.2, 0.25) is 0 Å². The first-order valence-corrected chi connectivity index (χ1v) is 11.6. The summed E-state index contributed by atoms with van der Waals surface area (Å²) in [7, 11) is 0. The van der Waals surface area contributed by atoms with Gasteiger partial charge in [-0.05, 0) is 71.0 Å². The minimum Gasteiger partial charge on any atom is -0.420 e. The Hall–Kier alpha value is -3.86. The van der Waals surface area contributed by atoms with E-state index in [1.165, 1.54) is 30.3 Å². The Morgan fingerprint density at radius 1 is 0.743 bits per heavy atom. The summed E-state index contributed by atoms with van der Waals surface area (Å²) < 4.78 is 48.8. The Morgan fingerprint density at radius 3 is 2.03 bits per heavy atom. The first-order chi connectivity index (χ1) is 16.9. The van der Waals surface area contributed by atoms with Gasteiger partial charge >= 0.3 is 5.97 Å². The van der Waals surface area contributed by atoms with E-state index < -0.39 is 23.4 Å². The van der Waals surface area contributed by atoms with Gasteiger partial charge in [-0.1, -0.05) is 68.8 Å². The summed E-state index contributed by atoms with van der Waals surface area (Å²) in [5.74, 6) is -3.88. The lowest BCUT2D eigenvalue weighted by Gasteiger charge is -2.10. The van der Waals surface area contributed by atoms with Crippen molar-refractivity contribution in [3.63, 3.8) is 0 Å². The van der Waals surface area contributed by atoms with Crippen LogP contribution in [0.3, 0.4) is 0 Å². The van der Waals surface area contributed by atoms with Crippen molar-refractivity contribution in [3.05, 3.63) is 113 Å². The normalized spacial score (nSPS) is 10.9. The van der Waals surface area contributed by atoms with E-state index in [1.807, 2.05) is 32.0 Å². The first kappa shape index (κ1) is 24.3. The molecule has 0 saturated carbocycles. The van der Waals surface area contributed by atoms with E-state index in [1.54, 1.807) is 30.3 Å². The molecule has 0 spiro atoms. The molecule has 0 aliphatic carbocycles. The van der Waals surface area contributed by atoms with E-state index in [4.69, 9.17) is 4.74 Å². The summed E-state index contributed by atoms with van der Waals surface area (Å²) in [6.45, 7) is 4.00. The van der Waals surface area contributed by atoms with Crippen molar-refractivity contribution in [2.45, 2.75) is 33.1 Å². The number of ether oxygens (including phenoxy) is 1. The van der Waals surface area contributed by atoms with Crippen molar-refractivity contribution >= 4 is 5.97 Å². The highest BCUT2D eigenvalue weighted by molar-refractivity contribution is 5.91. The number of rotatable bonds is 7. The van der Waals surface area contributed by atoms with Crippen molar-refractivity contribution < 1.29 is 22.7 Å². The molecule has 0 N–H and O–H groups in total. The molecule has 0 heterocycles. The number of hydrogen-bond donors (Lipinski definition) is 0. The molecular weight excluding hydrogens is 449 g/mol. The Bertz CT molecular complexity index is 1340. The van der Waals surface area contributed by atoms with E-state index >= 15 is 0 Å². The van der Waals surface area contributed by atoms with E-state index in [0.29, 0.717) is 23.1 Å². The van der Waals surface area contributed by atoms with Gasteiger partial charge in [0, 0.05) is 5.56 Å². The average Bonchev–Trinajstić information content (AvgIpc) is 2.88. The number of halogens is 3. The molecule has 0 aromatic heterocycles. The van der Waals surface area contributed by atoms with E-state index in [2.05, 4.69) is 0 Å². The Labute approximate surface area is 203 Å². The van der Waals surface area contributed by atoms with Crippen molar-refractivity contribution in [1.29, 1.82) is 0 Å². The SMILES string of the molecule is CCCc1ccc(-c2ccc(C(=O)Oc3ccc(-c4ccc(CC)cc4)c(F)c3F)cc2)cc1F. The Morgan fingerprint density at radius 2 is 1.40 bits per heavy atom. The summed E-state index contributed by atoms with van der Waals surface area (Å²) in [5.41, 5.74) is 3.94. The summed E-state index contributed by atoms with van der Waals surface area (Å²) in [6, 6.07) is 21.2. The molecule has 0 amide bonds. The molecule has 0 unspecified atom stereocenters. The molecule has 0 aliphatic rings. The van der Waals surface area contributed by atoms with E-state index in [9.17, 15) is 18.0 Å². The topological polar surface area (TPSA) is 26.3 Å². The predicted molar refractivity (Wildman–Crippen MR) is 132 cm³/mol. The number of carbonyl (C=O) groups is 1. The Kier molecular flexibility index (Phi) is 7.35. The molecule has 0 saturated heterocycles. The van der Waals surface area contributed by atoms with Crippen LogP contribution in [-0.2, 0) is 12.8 Å². The number of aryl methyl sites for hydroxylation is 2. The quantitative estimate of drug-likeness (QED) is 0.199. The van der Waals surface area contributed by atoms with Gasteiger partial charge in [0.2, 0.25) is 5.82 Å². The molecule has 0 aliphatic heterocycles. The monoisotopic (exact) mass is 474 g/mol. The smallest absolute Gasteiger partial charge is 0.343 e. The first-order valence-electron chi connectivity index (χ1n) is 11.6. The second kappa shape index (κ2) is 10.6. The summed E-state index contributed by atoms with van der Waals surface area (Å²) >= 11 is 0.